The number of likely N-dealkylation sites (tertiary alicyclic amines) is 1. The van der Waals surface area contributed by atoms with Crippen LogP contribution in [0.15, 0.2) is 16.5 Å². The Balaban J connectivity index is 1.94. The zero-order valence-corrected chi connectivity index (χ0v) is 9.58. The van der Waals surface area contributed by atoms with E-state index < -0.39 is 5.67 Å². The quantitative estimate of drug-likeness (QED) is 0.859. The van der Waals surface area contributed by atoms with E-state index >= 15 is 0 Å². The smallest absolute Gasteiger partial charge is 0.129 e. The lowest BCUT2D eigenvalue weighted by Crippen LogP contribution is -2.42. The molecule has 2 heterocycles. The average Bonchev–Trinajstić information content (AvgIpc) is 2.64. The highest BCUT2D eigenvalue weighted by Crippen LogP contribution is 2.25. The molecule has 0 bridgehead atoms. The summed E-state index contributed by atoms with van der Waals surface area (Å²) in [6.45, 7) is 3.57. The molecule has 0 aromatic carbocycles. The van der Waals surface area contributed by atoms with Crippen LogP contribution in [0.5, 0.6) is 0 Å². The number of hydrogen-bond acceptors (Lipinski definition) is 3. The normalized spacial score (nSPS) is 27.2. The fourth-order valence-corrected chi connectivity index (χ4v) is 2.24. The number of nitrogens with zero attached hydrogens (tertiary/aromatic N) is 1. The van der Waals surface area contributed by atoms with Gasteiger partial charge in [0, 0.05) is 6.54 Å². The highest BCUT2D eigenvalue weighted by Gasteiger charge is 2.30. The van der Waals surface area contributed by atoms with Crippen LogP contribution >= 0.6 is 0 Å². The molecule has 90 valence electrons. The van der Waals surface area contributed by atoms with E-state index in [0.717, 1.165) is 18.7 Å². The van der Waals surface area contributed by atoms with Crippen molar-refractivity contribution in [3.63, 3.8) is 0 Å². The largest absolute Gasteiger partial charge is 0.462 e. The van der Waals surface area contributed by atoms with Crippen molar-refractivity contribution in [3.05, 3.63) is 23.7 Å². The molecular weight excluding hydrogens is 209 g/mol. The van der Waals surface area contributed by atoms with Gasteiger partial charge in [-0.2, -0.15) is 0 Å². The molecule has 0 aliphatic carbocycles. The minimum absolute atomic E-state index is 0.0825. The van der Waals surface area contributed by atoms with Gasteiger partial charge in [-0.1, -0.05) is 0 Å². The maximum Gasteiger partial charge on any atom is 0.129 e. The number of halogens is 1. The molecule has 1 atom stereocenters. The third kappa shape index (κ3) is 2.83. The van der Waals surface area contributed by atoms with Crippen LogP contribution in [0.1, 0.15) is 31.3 Å². The third-order valence-electron chi connectivity index (χ3n) is 2.98. The zero-order valence-electron chi connectivity index (χ0n) is 9.58. The maximum atomic E-state index is 13.8. The minimum Gasteiger partial charge on any atom is -0.462 e. The Morgan fingerprint density at radius 3 is 2.88 bits per heavy atom. The van der Waals surface area contributed by atoms with Gasteiger partial charge in [0.15, 0.2) is 0 Å². The lowest BCUT2D eigenvalue weighted by atomic mass is 9.97. The number of furan rings is 1. The molecule has 1 aromatic heterocycles. The first-order valence-corrected chi connectivity index (χ1v) is 5.69. The first-order valence-electron chi connectivity index (χ1n) is 5.69. The summed E-state index contributed by atoms with van der Waals surface area (Å²) in [7, 11) is 0. The second-order valence-corrected chi connectivity index (χ2v) is 4.75. The van der Waals surface area contributed by atoms with Gasteiger partial charge in [-0.15, -0.1) is 0 Å². The van der Waals surface area contributed by atoms with Gasteiger partial charge in [-0.3, -0.25) is 4.90 Å². The molecule has 1 N–H and O–H groups in total. The van der Waals surface area contributed by atoms with Crippen molar-refractivity contribution >= 4 is 0 Å². The number of alkyl halides is 1. The van der Waals surface area contributed by atoms with E-state index in [1.165, 1.54) is 0 Å². The van der Waals surface area contributed by atoms with E-state index in [1.807, 2.05) is 6.07 Å². The molecule has 1 saturated heterocycles. The predicted molar refractivity (Wildman–Crippen MR) is 58.7 cm³/mol. The van der Waals surface area contributed by atoms with Crippen LogP contribution in [-0.2, 0) is 13.2 Å². The molecule has 16 heavy (non-hydrogen) atoms. The topological polar surface area (TPSA) is 36.6 Å². The summed E-state index contributed by atoms with van der Waals surface area (Å²) in [6, 6.07) is 3.60. The molecule has 4 heteroatoms. The van der Waals surface area contributed by atoms with Crippen LogP contribution < -0.4 is 0 Å². The summed E-state index contributed by atoms with van der Waals surface area (Å²) >= 11 is 0. The zero-order chi connectivity index (χ0) is 11.6. The predicted octanol–water partition coefficient (Wildman–Crippen LogP) is 2.10. The minimum atomic E-state index is -1.08. The van der Waals surface area contributed by atoms with E-state index in [9.17, 15) is 4.39 Å². The van der Waals surface area contributed by atoms with Gasteiger partial charge in [-0.25, -0.2) is 4.39 Å². The molecule has 1 fully saturated rings. The number of rotatable bonds is 3. The monoisotopic (exact) mass is 227 g/mol. The number of hydrogen-bond donors (Lipinski definition) is 1. The van der Waals surface area contributed by atoms with Crippen molar-refractivity contribution in [1.29, 1.82) is 0 Å². The van der Waals surface area contributed by atoms with Crippen molar-refractivity contribution in [2.24, 2.45) is 0 Å². The first kappa shape index (κ1) is 11.6. The van der Waals surface area contributed by atoms with E-state index in [1.54, 1.807) is 13.0 Å². The van der Waals surface area contributed by atoms with Gasteiger partial charge in [0.2, 0.25) is 0 Å². The fourth-order valence-electron chi connectivity index (χ4n) is 2.24. The lowest BCUT2D eigenvalue weighted by Gasteiger charge is -2.34. The second kappa shape index (κ2) is 4.55. The molecule has 3 nitrogen and oxygen atoms in total. The molecule has 0 saturated carbocycles. The first-order chi connectivity index (χ1) is 7.59. The Morgan fingerprint density at radius 1 is 1.50 bits per heavy atom. The molecule has 0 amide bonds. The van der Waals surface area contributed by atoms with Crippen LogP contribution in [0.25, 0.3) is 0 Å². The summed E-state index contributed by atoms with van der Waals surface area (Å²) in [4.78, 5) is 2.06. The Bertz CT molecular complexity index is 349. The highest BCUT2D eigenvalue weighted by molar-refractivity contribution is 5.06. The summed E-state index contributed by atoms with van der Waals surface area (Å²) in [5.74, 6) is 1.36. The van der Waals surface area contributed by atoms with Gasteiger partial charge < -0.3 is 9.52 Å². The van der Waals surface area contributed by atoms with Crippen LogP contribution in [-0.4, -0.2) is 28.8 Å². The van der Waals surface area contributed by atoms with Gasteiger partial charge in [0.25, 0.3) is 0 Å². The maximum absolute atomic E-state index is 13.8. The SMILES string of the molecule is C[C@@]1(F)CCCN(Cc2ccc(CO)o2)C1. The van der Waals surface area contributed by atoms with Crippen molar-refractivity contribution in [1.82, 2.24) is 4.90 Å². The van der Waals surface area contributed by atoms with Crippen molar-refractivity contribution in [2.75, 3.05) is 13.1 Å². The van der Waals surface area contributed by atoms with Crippen molar-refractivity contribution in [3.8, 4) is 0 Å². The molecule has 0 spiro atoms. The van der Waals surface area contributed by atoms with E-state index in [4.69, 9.17) is 9.52 Å². The average molecular weight is 227 g/mol. The fraction of sp³-hybridized carbons (Fsp3) is 0.667. The van der Waals surface area contributed by atoms with E-state index in [-0.39, 0.29) is 6.61 Å². The summed E-state index contributed by atoms with van der Waals surface area (Å²) < 4.78 is 19.2. The highest BCUT2D eigenvalue weighted by atomic mass is 19.1. The van der Waals surface area contributed by atoms with Crippen molar-refractivity contribution in [2.45, 2.75) is 38.6 Å². The Kier molecular flexibility index (Phi) is 3.30. The Hall–Kier alpha value is -0.870. The Labute approximate surface area is 94.9 Å². The molecule has 2 rings (SSSR count). The van der Waals surface area contributed by atoms with Crippen molar-refractivity contribution < 1.29 is 13.9 Å². The summed E-state index contributed by atoms with van der Waals surface area (Å²) in [5.41, 5.74) is -1.08. The molecular formula is C12H18FNO2. The number of aliphatic hydroxyl groups excluding tert-OH is 1. The van der Waals surface area contributed by atoms with Gasteiger partial charge in [0.1, 0.15) is 23.8 Å². The second-order valence-electron chi connectivity index (χ2n) is 4.75. The summed E-state index contributed by atoms with van der Waals surface area (Å²) in [6.07, 6.45) is 1.53. The summed E-state index contributed by atoms with van der Waals surface area (Å²) in [5, 5.41) is 8.87. The Morgan fingerprint density at radius 2 is 2.25 bits per heavy atom. The molecule has 1 aliphatic heterocycles. The van der Waals surface area contributed by atoms with Crippen LogP contribution in [0.3, 0.4) is 0 Å². The van der Waals surface area contributed by atoms with Crippen LogP contribution in [0, 0.1) is 0 Å². The van der Waals surface area contributed by atoms with E-state index in [0.29, 0.717) is 25.3 Å². The molecule has 1 aliphatic rings. The van der Waals surface area contributed by atoms with Crippen LogP contribution in [0.2, 0.25) is 0 Å². The van der Waals surface area contributed by atoms with E-state index in [2.05, 4.69) is 4.90 Å². The van der Waals surface area contributed by atoms with Gasteiger partial charge in [0.05, 0.1) is 6.54 Å². The molecule has 0 unspecified atom stereocenters. The van der Waals surface area contributed by atoms with Gasteiger partial charge in [-0.05, 0) is 38.4 Å². The third-order valence-corrected chi connectivity index (χ3v) is 2.98. The molecule has 0 radical (unpaired) electrons. The lowest BCUT2D eigenvalue weighted by molar-refractivity contribution is 0.0522. The number of piperidine rings is 1. The number of aliphatic hydroxyl groups is 1. The molecule has 1 aromatic rings. The van der Waals surface area contributed by atoms with Gasteiger partial charge >= 0.3 is 0 Å². The standard InChI is InChI=1S/C12H18FNO2/c1-12(13)5-2-6-14(9-12)7-10-3-4-11(8-15)16-10/h3-4,15H,2,5-9H2,1H3/t12-/m1/s1. The van der Waals surface area contributed by atoms with Crippen LogP contribution in [0.4, 0.5) is 4.39 Å².